The Morgan fingerprint density at radius 1 is 1.07 bits per heavy atom. The van der Waals surface area contributed by atoms with E-state index in [2.05, 4.69) is 20.6 Å². The summed E-state index contributed by atoms with van der Waals surface area (Å²) in [6.07, 6.45) is 0. The van der Waals surface area contributed by atoms with Crippen LogP contribution in [0.4, 0.5) is 17.2 Å². The van der Waals surface area contributed by atoms with Crippen molar-refractivity contribution in [1.82, 2.24) is 9.97 Å². The van der Waals surface area contributed by atoms with Gasteiger partial charge in [-0.25, -0.2) is 9.97 Å². The van der Waals surface area contributed by atoms with Crippen molar-refractivity contribution < 1.29 is 9.53 Å². The van der Waals surface area contributed by atoms with Gasteiger partial charge in [-0.2, -0.15) is 0 Å². The van der Waals surface area contributed by atoms with E-state index in [4.69, 9.17) is 16.3 Å². The van der Waals surface area contributed by atoms with Crippen molar-refractivity contribution >= 4 is 34.7 Å². The van der Waals surface area contributed by atoms with Crippen molar-refractivity contribution in [1.29, 1.82) is 0 Å². The van der Waals surface area contributed by atoms with Crippen LogP contribution in [-0.2, 0) is 0 Å². The van der Waals surface area contributed by atoms with Crippen molar-refractivity contribution in [3.8, 4) is 5.75 Å². The van der Waals surface area contributed by atoms with Gasteiger partial charge in [0.15, 0.2) is 0 Å². The highest BCUT2D eigenvalue weighted by molar-refractivity contribution is 6.33. The predicted octanol–water partition coefficient (Wildman–Crippen LogP) is 4.83. The van der Waals surface area contributed by atoms with E-state index < -0.39 is 0 Å². The first-order valence-electron chi connectivity index (χ1n) is 8.47. The van der Waals surface area contributed by atoms with Gasteiger partial charge in [-0.1, -0.05) is 35.9 Å². The summed E-state index contributed by atoms with van der Waals surface area (Å²) in [6.45, 7) is 4.20. The first-order chi connectivity index (χ1) is 13.1. The lowest BCUT2D eigenvalue weighted by Gasteiger charge is -2.13. The van der Waals surface area contributed by atoms with Gasteiger partial charge in [0.2, 0.25) is 0 Å². The molecule has 2 aromatic carbocycles. The summed E-state index contributed by atoms with van der Waals surface area (Å²) >= 11 is 6.10. The Labute approximate surface area is 162 Å². The maximum atomic E-state index is 12.6. The van der Waals surface area contributed by atoms with Crippen molar-refractivity contribution in [2.75, 3.05) is 17.2 Å². The molecule has 0 atom stereocenters. The molecule has 1 aromatic heterocycles. The Hall–Kier alpha value is -3.12. The SMILES string of the molecule is CCOc1ccccc1Nc1cc(C(=O)Nc2ccccc2Cl)nc(C)n1. The monoisotopic (exact) mass is 382 g/mol. The van der Waals surface area contributed by atoms with Crippen molar-refractivity contribution in [3.05, 3.63) is 71.1 Å². The zero-order valence-corrected chi connectivity index (χ0v) is 15.7. The minimum Gasteiger partial charge on any atom is -0.492 e. The maximum Gasteiger partial charge on any atom is 0.274 e. The molecule has 6 nitrogen and oxygen atoms in total. The molecule has 0 radical (unpaired) electrons. The minimum absolute atomic E-state index is 0.235. The molecule has 1 heterocycles. The molecule has 0 aliphatic carbocycles. The van der Waals surface area contributed by atoms with E-state index in [9.17, 15) is 4.79 Å². The number of anilines is 3. The smallest absolute Gasteiger partial charge is 0.274 e. The van der Waals surface area contributed by atoms with E-state index in [0.29, 0.717) is 34.7 Å². The Kier molecular flexibility index (Phi) is 5.88. The molecule has 0 saturated heterocycles. The molecule has 3 rings (SSSR count). The lowest BCUT2D eigenvalue weighted by molar-refractivity contribution is 0.102. The quantitative estimate of drug-likeness (QED) is 0.638. The molecule has 7 heteroatoms. The van der Waals surface area contributed by atoms with E-state index in [1.165, 1.54) is 0 Å². The summed E-state index contributed by atoms with van der Waals surface area (Å²) in [5.41, 5.74) is 1.52. The van der Waals surface area contributed by atoms with E-state index >= 15 is 0 Å². The van der Waals surface area contributed by atoms with Gasteiger partial charge in [-0.3, -0.25) is 4.79 Å². The molecule has 0 aliphatic heterocycles. The molecule has 0 unspecified atom stereocenters. The number of benzene rings is 2. The molecule has 0 fully saturated rings. The van der Waals surface area contributed by atoms with Crippen LogP contribution < -0.4 is 15.4 Å². The van der Waals surface area contributed by atoms with Crippen molar-refractivity contribution in [2.24, 2.45) is 0 Å². The number of halogens is 1. The fraction of sp³-hybridized carbons (Fsp3) is 0.150. The van der Waals surface area contributed by atoms with Gasteiger partial charge in [0.25, 0.3) is 5.91 Å². The van der Waals surface area contributed by atoms with Crippen LogP contribution in [-0.4, -0.2) is 22.5 Å². The number of nitrogens with zero attached hydrogens (tertiary/aromatic N) is 2. The van der Waals surface area contributed by atoms with Crippen LogP contribution >= 0.6 is 11.6 Å². The van der Waals surface area contributed by atoms with Crippen LogP contribution in [0.2, 0.25) is 5.02 Å². The fourth-order valence-electron chi connectivity index (χ4n) is 2.49. The Morgan fingerprint density at radius 3 is 2.52 bits per heavy atom. The number of carbonyl (C=O) groups excluding carboxylic acids is 1. The number of aromatic nitrogens is 2. The van der Waals surface area contributed by atoms with Crippen LogP contribution in [0.3, 0.4) is 0 Å². The van der Waals surface area contributed by atoms with Crippen LogP contribution in [0, 0.1) is 6.92 Å². The average molecular weight is 383 g/mol. The lowest BCUT2D eigenvalue weighted by Crippen LogP contribution is -2.15. The molecular formula is C20H19ClN4O2. The number of carbonyl (C=O) groups is 1. The average Bonchev–Trinajstić information content (AvgIpc) is 2.65. The van der Waals surface area contributed by atoms with Crippen LogP contribution in [0.25, 0.3) is 0 Å². The summed E-state index contributed by atoms with van der Waals surface area (Å²) in [5, 5.41) is 6.41. The van der Waals surface area contributed by atoms with Gasteiger partial charge in [-0.05, 0) is 38.1 Å². The van der Waals surface area contributed by atoms with Crippen LogP contribution in [0.1, 0.15) is 23.2 Å². The molecule has 27 heavy (non-hydrogen) atoms. The third kappa shape index (κ3) is 4.74. The number of ether oxygens (including phenoxy) is 1. The standard InChI is InChI=1S/C20H19ClN4O2/c1-3-27-18-11-7-6-10-16(18)24-19-12-17(22-13(2)23-19)20(26)25-15-9-5-4-8-14(15)21/h4-12H,3H2,1-2H3,(H,25,26)(H,22,23,24). The molecular weight excluding hydrogens is 364 g/mol. The van der Waals surface area contributed by atoms with Crippen molar-refractivity contribution in [3.63, 3.8) is 0 Å². The van der Waals surface area contributed by atoms with E-state index in [-0.39, 0.29) is 11.6 Å². The molecule has 1 amide bonds. The first-order valence-corrected chi connectivity index (χ1v) is 8.85. The van der Waals surface area contributed by atoms with Crippen LogP contribution in [0.15, 0.2) is 54.6 Å². The number of aryl methyl sites for hydroxylation is 1. The van der Waals surface area contributed by atoms with Gasteiger partial charge < -0.3 is 15.4 Å². The number of nitrogens with one attached hydrogen (secondary N) is 2. The molecule has 0 aliphatic rings. The van der Waals surface area contributed by atoms with Gasteiger partial charge in [0, 0.05) is 6.07 Å². The second-order valence-electron chi connectivity index (χ2n) is 5.67. The van der Waals surface area contributed by atoms with Crippen LogP contribution in [0.5, 0.6) is 5.75 Å². The minimum atomic E-state index is -0.366. The molecule has 0 spiro atoms. The highest BCUT2D eigenvalue weighted by atomic mass is 35.5. The van der Waals surface area contributed by atoms with Gasteiger partial charge in [0.1, 0.15) is 23.1 Å². The summed E-state index contributed by atoms with van der Waals surface area (Å²) in [7, 11) is 0. The van der Waals surface area contributed by atoms with Crippen molar-refractivity contribution in [2.45, 2.75) is 13.8 Å². The number of hydrogen-bond donors (Lipinski definition) is 2. The summed E-state index contributed by atoms with van der Waals surface area (Å²) in [4.78, 5) is 21.2. The molecule has 2 N–H and O–H groups in total. The van der Waals surface area contributed by atoms with E-state index in [1.807, 2.05) is 31.2 Å². The molecule has 138 valence electrons. The van der Waals surface area contributed by atoms with E-state index in [1.54, 1.807) is 37.3 Å². The number of para-hydroxylation sites is 3. The molecule has 3 aromatic rings. The van der Waals surface area contributed by atoms with Gasteiger partial charge in [0.05, 0.1) is 23.0 Å². The maximum absolute atomic E-state index is 12.6. The topological polar surface area (TPSA) is 76.1 Å². The van der Waals surface area contributed by atoms with Gasteiger partial charge >= 0.3 is 0 Å². The third-order valence-electron chi connectivity index (χ3n) is 3.64. The first kappa shape index (κ1) is 18.7. The highest BCUT2D eigenvalue weighted by Crippen LogP contribution is 2.27. The zero-order valence-electron chi connectivity index (χ0n) is 15.0. The second kappa shape index (κ2) is 8.51. The third-order valence-corrected chi connectivity index (χ3v) is 3.97. The number of hydrogen-bond acceptors (Lipinski definition) is 5. The Bertz CT molecular complexity index is 962. The fourth-order valence-corrected chi connectivity index (χ4v) is 2.67. The largest absolute Gasteiger partial charge is 0.492 e. The Balaban J connectivity index is 1.84. The summed E-state index contributed by atoms with van der Waals surface area (Å²) < 4.78 is 5.61. The molecule has 0 bridgehead atoms. The van der Waals surface area contributed by atoms with Gasteiger partial charge in [-0.15, -0.1) is 0 Å². The molecule has 0 saturated carbocycles. The number of amides is 1. The Morgan fingerprint density at radius 2 is 1.78 bits per heavy atom. The predicted molar refractivity (Wildman–Crippen MR) is 107 cm³/mol. The second-order valence-corrected chi connectivity index (χ2v) is 6.08. The van der Waals surface area contributed by atoms with E-state index in [0.717, 1.165) is 5.69 Å². The zero-order chi connectivity index (χ0) is 19.2. The normalized spacial score (nSPS) is 10.3. The highest BCUT2D eigenvalue weighted by Gasteiger charge is 2.13. The summed E-state index contributed by atoms with van der Waals surface area (Å²) in [5.74, 6) is 1.31. The number of rotatable bonds is 6. The summed E-state index contributed by atoms with van der Waals surface area (Å²) in [6, 6.07) is 16.1. The lowest BCUT2D eigenvalue weighted by atomic mass is 10.2.